The van der Waals surface area contributed by atoms with Crippen molar-refractivity contribution in [2.45, 2.75) is 44.4 Å². The molecule has 1 aromatic carbocycles. The van der Waals surface area contributed by atoms with Gasteiger partial charge < -0.3 is 10.6 Å². The van der Waals surface area contributed by atoms with E-state index in [1.54, 1.807) is 0 Å². The van der Waals surface area contributed by atoms with Crippen LogP contribution in [-0.4, -0.2) is 31.1 Å². The van der Waals surface area contributed by atoms with Gasteiger partial charge in [-0.3, -0.25) is 0 Å². The minimum Gasteiger partial charge on any atom is -0.330 e. The first-order valence-electron chi connectivity index (χ1n) is 7.72. The highest BCUT2D eigenvalue weighted by atomic mass is 15.1. The Kier molecular flexibility index (Phi) is 5.41. The lowest BCUT2D eigenvalue weighted by Crippen LogP contribution is -2.44. The summed E-state index contributed by atoms with van der Waals surface area (Å²) in [5, 5.41) is 0. The van der Waals surface area contributed by atoms with E-state index in [4.69, 9.17) is 5.73 Å². The van der Waals surface area contributed by atoms with Gasteiger partial charge in [-0.1, -0.05) is 56.5 Å². The molecule has 1 aliphatic rings. The third-order valence-corrected chi connectivity index (χ3v) is 4.44. The summed E-state index contributed by atoms with van der Waals surface area (Å²) in [6.45, 7) is 6.59. The van der Waals surface area contributed by atoms with Gasteiger partial charge in [0.2, 0.25) is 0 Å². The van der Waals surface area contributed by atoms with Crippen LogP contribution in [0.1, 0.15) is 44.6 Å². The van der Waals surface area contributed by atoms with Gasteiger partial charge in [-0.2, -0.15) is 0 Å². The van der Waals surface area contributed by atoms with Gasteiger partial charge in [0.05, 0.1) is 0 Å². The van der Waals surface area contributed by atoms with E-state index in [9.17, 15) is 0 Å². The van der Waals surface area contributed by atoms with Crippen molar-refractivity contribution in [3.63, 3.8) is 0 Å². The maximum absolute atomic E-state index is 6.10. The first-order chi connectivity index (χ1) is 9.24. The second-order valence-electron chi connectivity index (χ2n) is 6.17. The van der Waals surface area contributed by atoms with E-state index in [1.807, 2.05) is 0 Å². The molecular formula is C17H28N2. The quantitative estimate of drug-likeness (QED) is 0.901. The molecule has 2 rings (SSSR count). The van der Waals surface area contributed by atoms with Crippen LogP contribution in [0.15, 0.2) is 30.3 Å². The van der Waals surface area contributed by atoms with Crippen molar-refractivity contribution in [1.29, 1.82) is 0 Å². The largest absolute Gasteiger partial charge is 0.330 e. The third kappa shape index (κ3) is 4.05. The zero-order valence-corrected chi connectivity index (χ0v) is 12.3. The molecule has 0 aliphatic carbocycles. The summed E-state index contributed by atoms with van der Waals surface area (Å²) in [5.41, 5.74) is 7.56. The molecule has 0 spiro atoms. The Labute approximate surface area is 118 Å². The van der Waals surface area contributed by atoms with E-state index in [0.717, 1.165) is 6.54 Å². The van der Waals surface area contributed by atoms with Crippen molar-refractivity contribution in [1.82, 2.24) is 4.90 Å². The van der Waals surface area contributed by atoms with Gasteiger partial charge in [0.25, 0.3) is 0 Å². The molecule has 0 amide bonds. The Morgan fingerprint density at radius 2 is 1.58 bits per heavy atom. The Morgan fingerprint density at radius 1 is 1.00 bits per heavy atom. The molecule has 1 fully saturated rings. The number of likely N-dealkylation sites (tertiary alicyclic amines) is 1. The average Bonchev–Trinajstić information content (AvgIpc) is 2.42. The highest BCUT2D eigenvalue weighted by molar-refractivity contribution is 5.25. The fourth-order valence-corrected chi connectivity index (χ4v) is 3.08. The van der Waals surface area contributed by atoms with E-state index < -0.39 is 0 Å². The van der Waals surface area contributed by atoms with Crippen molar-refractivity contribution < 1.29 is 0 Å². The lowest BCUT2D eigenvalue weighted by atomic mass is 9.81. The fourth-order valence-electron chi connectivity index (χ4n) is 3.08. The average molecular weight is 260 g/mol. The van der Waals surface area contributed by atoms with Crippen LogP contribution in [0.5, 0.6) is 0 Å². The standard InChI is InChI=1S/C17H28N2/c1-17(14-18,16-10-6-5-7-11-16)15-19-12-8-3-2-4-9-13-19/h5-7,10-11H,2-4,8-9,12-15,18H2,1H3. The molecule has 0 saturated carbocycles. The highest BCUT2D eigenvalue weighted by Crippen LogP contribution is 2.25. The maximum Gasteiger partial charge on any atom is 0.0174 e. The van der Waals surface area contributed by atoms with E-state index in [1.165, 1.54) is 50.8 Å². The van der Waals surface area contributed by atoms with Crippen molar-refractivity contribution in [2.24, 2.45) is 5.73 Å². The molecule has 2 heteroatoms. The van der Waals surface area contributed by atoms with E-state index in [0.29, 0.717) is 6.54 Å². The Morgan fingerprint density at radius 3 is 2.16 bits per heavy atom. The number of rotatable bonds is 4. The minimum absolute atomic E-state index is 0.0838. The molecule has 1 atom stereocenters. The molecule has 0 radical (unpaired) electrons. The van der Waals surface area contributed by atoms with E-state index in [2.05, 4.69) is 42.2 Å². The Bertz CT molecular complexity index is 355. The summed E-state index contributed by atoms with van der Waals surface area (Å²) < 4.78 is 0. The molecule has 1 aromatic rings. The second kappa shape index (κ2) is 7.06. The SMILES string of the molecule is CC(CN)(CN1CCCCCCC1)c1ccccc1. The molecule has 2 nitrogen and oxygen atoms in total. The molecule has 1 saturated heterocycles. The number of hydrogen-bond donors (Lipinski definition) is 1. The molecule has 106 valence electrons. The zero-order chi connectivity index (χ0) is 13.6. The molecule has 2 N–H and O–H groups in total. The van der Waals surface area contributed by atoms with Crippen LogP contribution in [0.25, 0.3) is 0 Å². The van der Waals surface area contributed by atoms with Gasteiger partial charge in [-0.25, -0.2) is 0 Å². The summed E-state index contributed by atoms with van der Waals surface area (Å²) in [7, 11) is 0. The smallest absolute Gasteiger partial charge is 0.0174 e. The van der Waals surface area contributed by atoms with Gasteiger partial charge in [-0.15, -0.1) is 0 Å². The summed E-state index contributed by atoms with van der Waals surface area (Å²) in [6.07, 6.45) is 6.88. The Hall–Kier alpha value is -0.860. The number of nitrogens with zero attached hydrogens (tertiary/aromatic N) is 1. The Balaban J connectivity index is 2.04. The van der Waals surface area contributed by atoms with Crippen molar-refractivity contribution in [3.8, 4) is 0 Å². The van der Waals surface area contributed by atoms with Crippen LogP contribution >= 0.6 is 0 Å². The van der Waals surface area contributed by atoms with Crippen LogP contribution in [0.4, 0.5) is 0 Å². The molecular weight excluding hydrogens is 232 g/mol. The summed E-state index contributed by atoms with van der Waals surface area (Å²) in [6, 6.07) is 10.8. The lowest BCUT2D eigenvalue weighted by Gasteiger charge is -2.36. The second-order valence-corrected chi connectivity index (χ2v) is 6.17. The van der Waals surface area contributed by atoms with Crippen molar-refractivity contribution >= 4 is 0 Å². The van der Waals surface area contributed by atoms with Crippen LogP contribution in [0.3, 0.4) is 0 Å². The van der Waals surface area contributed by atoms with E-state index in [-0.39, 0.29) is 5.41 Å². The minimum atomic E-state index is 0.0838. The third-order valence-electron chi connectivity index (χ3n) is 4.44. The lowest BCUT2D eigenvalue weighted by molar-refractivity contribution is 0.200. The predicted octanol–water partition coefficient (Wildman–Crippen LogP) is 3.17. The molecule has 1 aliphatic heterocycles. The normalized spacial score (nSPS) is 21.4. The topological polar surface area (TPSA) is 29.3 Å². The number of nitrogens with two attached hydrogens (primary N) is 1. The first-order valence-corrected chi connectivity index (χ1v) is 7.72. The summed E-state index contributed by atoms with van der Waals surface area (Å²) >= 11 is 0. The summed E-state index contributed by atoms with van der Waals surface area (Å²) in [4.78, 5) is 2.62. The summed E-state index contributed by atoms with van der Waals surface area (Å²) in [5.74, 6) is 0. The molecule has 0 bridgehead atoms. The van der Waals surface area contributed by atoms with Gasteiger partial charge in [0.15, 0.2) is 0 Å². The molecule has 0 aromatic heterocycles. The number of benzene rings is 1. The van der Waals surface area contributed by atoms with Gasteiger partial charge in [-0.05, 0) is 31.5 Å². The van der Waals surface area contributed by atoms with Crippen LogP contribution in [0.2, 0.25) is 0 Å². The van der Waals surface area contributed by atoms with Crippen LogP contribution in [0, 0.1) is 0 Å². The van der Waals surface area contributed by atoms with E-state index >= 15 is 0 Å². The fraction of sp³-hybridized carbons (Fsp3) is 0.647. The van der Waals surface area contributed by atoms with Gasteiger partial charge in [0.1, 0.15) is 0 Å². The van der Waals surface area contributed by atoms with Gasteiger partial charge in [0, 0.05) is 18.5 Å². The van der Waals surface area contributed by atoms with Crippen LogP contribution in [-0.2, 0) is 5.41 Å². The maximum atomic E-state index is 6.10. The molecule has 1 unspecified atom stereocenters. The molecule has 19 heavy (non-hydrogen) atoms. The predicted molar refractivity (Wildman–Crippen MR) is 82.4 cm³/mol. The highest BCUT2D eigenvalue weighted by Gasteiger charge is 2.27. The van der Waals surface area contributed by atoms with Crippen LogP contribution < -0.4 is 5.73 Å². The van der Waals surface area contributed by atoms with Crippen molar-refractivity contribution in [3.05, 3.63) is 35.9 Å². The monoisotopic (exact) mass is 260 g/mol. The van der Waals surface area contributed by atoms with Gasteiger partial charge >= 0.3 is 0 Å². The number of hydrogen-bond acceptors (Lipinski definition) is 2. The van der Waals surface area contributed by atoms with Crippen molar-refractivity contribution in [2.75, 3.05) is 26.2 Å². The first kappa shape index (κ1) is 14.5. The zero-order valence-electron chi connectivity index (χ0n) is 12.3. The molecule has 1 heterocycles.